The Bertz CT molecular complexity index is 1010. The van der Waals surface area contributed by atoms with Gasteiger partial charge >= 0.3 is 41.5 Å². The van der Waals surface area contributed by atoms with E-state index in [9.17, 15) is 24.3 Å². The molecule has 2 aliphatic rings. The molecule has 15 heteroatoms. The van der Waals surface area contributed by atoms with E-state index in [1.54, 1.807) is 0 Å². The summed E-state index contributed by atoms with van der Waals surface area (Å²) in [5.74, 6) is -3.72. The fourth-order valence-corrected chi connectivity index (χ4v) is 4.65. The molecule has 1 aromatic heterocycles. The minimum atomic E-state index is -1.30. The maximum atomic E-state index is 12.7. The number of carboxylic acids is 2. The summed E-state index contributed by atoms with van der Waals surface area (Å²) in [4.78, 5) is 57.1. The first-order valence-corrected chi connectivity index (χ1v) is 10.1. The number of nitrogens with zero attached hydrogens (tertiary/aromatic N) is 3. The Morgan fingerprint density at radius 3 is 2.71 bits per heavy atom. The van der Waals surface area contributed by atoms with Gasteiger partial charge in [-0.2, -0.15) is 0 Å². The number of nitrogen functional groups attached to an aromatic ring is 1. The zero-order valence-electron chi connectivity index (χ0n) is 15.1. The molecule has 1 fully saturated rings. The fourth-order valence-electron chi connectivity index (χ4n) is 2.76. The average Bonchev–Trinajstić information content (AvgIpc) is 3.13. The third-order valence-corrected chi connectivity index (χ3v) is 6.03. The van der Waals surface area contributed by atoms with Crippen molar-refractivity contribution in [1.82, 2.24) is 15.2 Å². The van der Waals surface area contributed by atoms with E-state index in [1.807, 2.05) is 0 Å². The number of nitrogens with one attached hydrogen (secondary N) is 1. The van der Waals surface area contributed by atoms with Crippen LogP contribution in [0.5, 0.6) is 0 Å². The molecule has 0 aliphatic carbocycles. The van der Waals surface area contributed by atoms with Crippen molar-refractivity contribution in [3.63, 3.8) is 0 Å². The second kappa shape index (κ2) is 10.3. The first kappa shape index (κ1) is 24.9. The predicted molar refractivity (Wildman–Crippen MR) is 114 cm³/mol. The maximum absolute atomic E-state index is 12.7. The summed E-state index contributed by atoms with van der Waals surface area (Å²) >= 11 is 2.30. The van der Waals surface area contributed by atoms with Crippen LogP contribution in [0.1, 0.15) is 5.69 Å². The number of amides is 2. The van der Waals surface area contributed by atoms with Gasteiger partial charge in [-0.1, -0.05) is 17.8 Å². The van der Waals surface area contributed by atoms with Crippen molar-refractivity contribution in [3.05, 3.63) is 35.0 Å². The molecule has 0 spiro atoms. The first-order valence-electron chi connectivity index (χ1n) is 8.22. The number of carboxylic acid groups (broad SMARTS) is 2. The quantitative estimate of drug-likeness (QED) is 0.154. The molecule has 2 aliphatic heterocycles. The van der Waals surface area contributed by atoms with Crippen LogP contribution < -0.4 is 11.1 Å². The topological polar surface area (TPSA) is 185 Å². The SMILES string of the molecule is C=CC1=C(C(=O)O)N2C(=O)[C@@H](NC(=O)/C(=N\OCC(=O)O)c3csc(N)n3)[C@H]2SC1.[NaH]. The number of rotatable bonds is 8. The molecule has 12 nitrogen and oxygen atoms in total. The molecule has 2 amide bonds. The van der Waals surface area contributed by atoms with Gasteiger partial charge in [-0.05, 0) is 5.57 Å². The van der Waals surface area contributed by atoms with Gasteiger partial charge in [0.15, 0.2) is 10.8 Å². The molecule has 160 valence electrons. The van der Waals surface area contributed by atoms with E-state index in [0.29, 0.717) is 11.3 Å². The minimum absolute atomic E-state index is 0. The molecular weight excluding hydrogens is 461 g/mol. The number of β-lactam (4-membered cyclic amide) rings is 1. The van der Waals surface area contributed by atoms with Gasteiger partial charge in [0.2, 0.25) is 6.61 Å². The van der Waals surface area contributed by atoms with Crippen molar-refractivity contribution in [2.45, 2.75) is 11.4 Å². The molecule has 3 rings (SSSR count). The molecule has 0 aromatic carbocycles. The Morgan fingerprint density at radius 1 is 1.45 bits per heavy atom. The number of hydrogen-bond acceptors (Lipinski definition) is 10. The summed E-state index contributed by atoms with van der Waals surface area (Å²) in [6.45, 7) is 2.77. The van der Waals surface area contributed by atoms with Gasteiger partial charge < -0.3 is 26.1 Å². The number of thiazole rings is 1. The van der Waals surface area contributed by atoms with Gasteiger partial charge in [-0.15, -0.1) is 23.1 Å². The van der Waals surface area contributed by atoms with Crippen LogP contribution in [0.2, 0.25) is 0 Å². The van der Waals surface area contributed by atoms with Crippen molar-refractivity contribution < 1.29 is 34.2 Å². The molecule has 31 heavy (non-hydrogen) atoms. The van der Waals surface area contributed by atoms with Gasteiger partial charge in [0.05, 0.1) is 0 Å². The zero-order valence-corrected chi connectivity index (χ0v) is 16.7. The number of carbonyl (C=O) groups is 4. The Labute approximate surface area is 205 Å². The van der Waals surface area contributed by atoms with Crippen LogP contribution in [-0.2, 0) is 24.0 Å². The molecule has 2 atom stereocenters. The standard InChI is InChI=1S/C16H15N5O7S2.Na.H/c1-2-6-4-29-14-10(13(25)21(14)11(6)15(26)27)19-12(24)9(20-28-3-8(22)23)7-5-30-16(17)18-7;;/h2,5,10,14H,1,3-4H2,(H2,17,18)(H,19,24)(H,22,23)(H,26,27);;/b20-9-;;/t10-,14-;;/m1../s1. The van der Waals surface area contributed by atoms with Crippen LogP contribution in [0.25, 0.3) is 0 Å². The van der Waals surface area contributed by atoms with Crippen LogP contribution in [0.15, 0.2) is 34.5 Å². The number of nitrogens with two attached hydrogens (primary N) is 1. The Balaban J connectivity index is 0.00000341. The van der Waals surface area contributed by atoms with Gasteiger partial charge in [-0.3, -0.25) is 14.5 Å². The number of allylic oxidation sites excluding steroid dienone is 1. The predicted octanol–water partition coefficient (Wildman–Crippen LogP) is -1.19. The number of anilines is 1. The van der Waals surface area contributed by atoms with Crippen LogP contribution in [0, 0.1) is 0 Å². The van der Waals surface area contributed by atoms with Crippen LogP contribution >= 0.6 is 23.1 Å². The first-order chi connectivity index (χ1) is 14.2. The molecule has 1 aromatic rings. The van der Waals surface area contributed by atoms with E-state index in [-0.39, 0.29) is 51.8 Å². The summed E-state index contributed by atoms with van der Waals surface area (Å²) in [5.41, 5.74) is 5.48. The molecule has 5 N–H and O–H groups in total. The third kappa shape index (κ3) is 5.10. The van der Waals surface area contributed by atoms with E-state index < -0.39 is 41.8 Å². The molecule has 0 radical (unpaired) electrons. The van der Waals surface area contributed by atoms with Crippen LogP contribution in [0.3, 0.4) is 0 Å². The molecule has 0 saturated carbocycles. The molecule has 0 bridgehead atoms. The number of thioether (sulfide) groups is 1. The summed E-state index contributed by atoms with van der Waals surface area (Å²) < 4.78 is 0. The number of aliphatic carboxylic acids is 2. The van der Waals surface area contributed by atoms with Crippen molar-refractivity contribution in [1.29, 1.82) is 0 Å². The van der Waals surface area contributed by atoms with E-state index >= 15 is 0 Å². The average molecular weight is 477 g/mol. The van der Waals surface area contributed by atoms with Gasteiger partial charge in [0.25, 0.3) is 11.8 Å². The fraction of sp³-hybridized carbons (Fsp3) is 0.250. The molecule has 0 unspecified atom stereocenters. The number of aromatic nitrogens is 1. The third-order valence-electron chi connectivity index (χ3n) is 4.06. The van der Waals surface area contributed by atoms with E-state index in [0.717, 1.165) is 16.2 Å². The van der Waals surface area contributed by atoms with Crippen molar-refractivity contribution in [3.8, 4) is 0 Å². The Morgan fingerprint density at radius 2 is 2.16 bits per heavy atom. The number of fused-ring (bicyclic) bond motifs is 1. The van der Waals surface area contributed by atoms with Gasteiger partial charge in [-0.25, -0.2) is 14.6 Å². The molecule has 3 heterocycles. The Hall–Kier alpha value is -2.39. The van der Waals surface area contributed by atoms with E-state index in [2.05, 4.69) is 26.9 Å². The van der Waals surface area contributed by atoms with E-state index in [4.69, 9.17) is 10.8 Å². The number of oxime groups is 1. The number of carbonyl (C=O) groups excluding carboxylic acids is 2. The summed E-state index contributed by atoms with van der Waals surface area (Å²) in [5, 5.41) is 25.0. The van der Waals surface area contributed by atoms with Gasteiger partial charge in [0, 0.05) is 11.1 Å². The summed E-state index contributed by atoms with van der Waals surface area (Å²) in [6.07, 6.45) is 1.38. The number of hydrogen-bond donors (Lipinski definition) is 4. The molecule has 1 saturated heterocycles. The zero-order chi connectivity index (χ0) is 22.0. The second-order valence-electron chi connectivity index (χ2n) is 5.92. The van der Waals surface area contributed by atoms with Crippen molar-refractivity contribution in [2.24, 2.45) is 5.16 Å². The summed E-state index contributed by atoms with van der Waals surface area (Å²) in [6, 6.07) is -1.01. The monoisotopic (exact) mass is 477 g/mol. The Kier molecular flexibility index (Phi) is 8.25. The van der Waals surface area contributed by atoms with Crippen molar-refractivity contribution in [2.75, 3.05) is 18.1 Å². The van der Waals surface area contributed by atoms with Crippen molar-refractivity contribution >= 4 is 87.3 Å². The van der Waals surface area contributed by atoms with E-state index in [1.165, 1.54) is 23.2 Å². The molecular formula is C16H16N5NaO7S2. The van der Waals surface area contributed by atoms with Gasteiger partial charge in [0.1, 0.15) is 22.8 Å². The second-order valence-corrected chi connectivity index (χ2v) is 7.92. The normalized spacial score (nSPS) is 20.2. The van der Waals surface area contributed by atoms with Crippen LogP contribution in [0.4, 0.5) is 5.13 Å². The van der Waals surface area contributed by atoms with Crippen LogP contribution in [-0.4, -0.2) is 103 Å². The summed E-state index contributed by atoms with van der Waals surface area (Å²) in [7, 11) is 0.